The maximum Gasteiger partial charge on any atom is 0.314 e. The van der Waals surface area contributed by atoms with Crippen molar-refractivity contribution >= 4 is 6.03 Å². The third kappa shape index (κ3) is 4.63. The smallest absolute Gasteiger partial charge is 0.314 e. The number of para-hydroxylation sites is 2. The topological polar surface area (TPSA) is 59.6 Å². The maximum absolute atomic E-state index is 11.1. The zero-order valence-corrected chi connectivity index (χ0v) is 10.2. The minimum atomic E-state index is -0.184. The number of nitrogens with one attached hydrogen (secondary N) is 2. The molecule has 2 amide bonds. The van der Waals surface area contributed by atoms with Crippen molar-refractivity contribution in [1.82, 2.24) is 10.6 Å². The van der Waals surface area contributed by atoms with E-state index in [-0.39, 0.29) is 6.03 Å². The van der Waals surface area contributed by atoms with Crippen LogP contribution in [0.4, 0.5) is 4.79 Å². The van der Waals surface area contributed by atoms with Crippen LogP contribution in [0.15, 0.2) is 24.3 Å². The molecule has 0 aliphatic heterocycles. The molecular formula is C12H18N2O3. The van der Waals surface area contributed by atoms with Crippen molar-refractivity contribution < 1.29 is 14.3 Å². The standard InChI is InChI=1S/C12H18N2O3/c1-3-13-12(15)14-8-9-17-11-7-5-4-6-10(11)16-2/h4-7H,3,8-9H2,1-2H3,(H2,13,14,15). The number of methoxy groups -OCH3 is 1. The molecule has 2 N–H and O–H groups in total. The highest BCUT2D eigenvalue weighted by atomic mass is 16.5. The number of rotatable bonds is 6. The van der Waals surface area contributed by atoms with E-state index < -0.39 is 0 Å². The van der Waals surface area contributed by atoms with Gasteiger partial charge >= 0.3 is 6.03 Å². The predicted molar refractivity (Wildman–Crippen MR) is 65.6 cm³/mol. The van der Waals surface area contributed by atoms with Crippen molar-refractivity contribution in [3.63, 3.8) is 0 Å². The van der Waals surface area contributed by atoms with Crippen LogP contribution in [-0.4, -0.2) is 32.8 Å². The van der Waals surface area contributed by atoms with Crippen molar-refractivity contribution in [3.8, 4) is 11.5 Å². The van der Waals surface area contributed by atoms with Gasteiger partial charge in [0, 0.05) is 6.54 Å². The molecule has 0 fully saturated rings. The molecule has 0 saturated carbocycles. The van der Waals surface area contributed by atoms with Gasteiger partial charge in [0.2, 0.25) is 0 Å². The monoisotopic (exact) mass is 238 g/mol. The average molecular weight is 238 g/mol. The van der Waals surface area contributed by atoms with Gasteiger partial charge in [0.05, 0.1) is 13.7 Å². The molecular weight excluding hydrogens is 220 g/mol. The summed E-state index contributed by atoms with van der Waals surface area (Å²) in [4.78, 5) is 11.1. The maximum atomic E-state index is 11.1. The van der Waals surface area contributed by atoms with Crippen molar-refractivity contribution in [2.45, 2.75) is 6.92 Å². The van der Waals surface area contributed by atoms with Crippen LogP contribution in [0.2, 0.25) is 0 Å². The first kappa shape index (κ1) is 13.2. The van der Waals surface area contributed by atoms with Gasteiger partial charge in [-0.1, -0.05) is 12.1 Å². The summed E-state index contributed by atoms with van der Waals surface area (Å²) in [6.07, 6.45) is 0. The lowest BCUT2D eigenvalue weighted by atomic mass is 10.3. The molecule has 1 aromatic carbocycles. The summed E-state index contributed by atoms with van der Waals surface area (Å²) < 4.78 is 10.6. The van der Waals surface area contributed by atoms with Gasteiger partial charge in [-0.05, 0) is 19.1 Å². The van der Waals surface area contributed by atoms with Gasteiger partial charge in [-0.15, -0.1) is 0 Å². The highest BCUT2D eigenvalue weighted by Gasteiger charge is 2.02. The van der Waals surface area contributed by atoms with Crippen LogP contribution in [0.25, 0.3) is 0 Å². The molecule has 0 bridgehead atoms. The number of amides is 2. The van der Waals surface area contributed by atoms with E-state index in [1.807, 2.05) is 31.2 Å². The summed E-state index contributed by atoms with van der Waals surface area (Å²) in [5.41, 5.74) is 0. The number of benzene rings is 1. The number of ether oxygens (including phenoxy) is 2. The van der Waals surface area contributed by atoms with E-state index >= 15 is 0 Å². The van der Waals surface area contributed by atoms with Gasteiger partial charge in [-0.25, -0.2) is 4.79 Å². The van der Waals surface area contributed by atoms with Gasteiger partial charge in [0.25, 0.3) is 0 Å². The number of hydrogen-bond donors (Lipinski definition) is 2. The molecule has 5 nitrogen and oxygen atoms in total. The molecule has 0 aromatic heterocycles. The van der Waals surface area contributed by atoms with Crippen molar-refractivity contribution in [2.75, 3.05) is 26.8 Å². The van der Waals surface area contributed by atoms with Crippen LogP contribution < -0.4 is 20.1 Å². The highest BCUT2D eigenvalue weighted by molar-refractivity contribution is 5.73. The first-order valence-corrected chi connectivity index (χ1v) is 5.55. The van der Waals surface area contributed by atoms with Crippen LogP contribution in [0.1, 0.15) is 6.92 Å². The Balaban J connectivity index is 2.28. The summed E-state index contributed by atoms with van der Waals surface area (Å²) in [7, 11) is 1.59. The number of carbonyl (C=O) groups is 1. The van der Waals surface area contributed by atoms with E-state index in [4.69, 9.17) is 9.47 Å². The van der Waals surface area contributed by atoms with Crippen LogP contribution in [-0.2, 0) is 0 Å². The van der Waals surface area contributed by atoms with Gasteiger partial charge < -0.3 is 20.1 Å². The predicted octanol–water partition coefficient (Wildman–Crippen LogP) is 1.39. The molecule has 0 atom stereocenters. The fourth-order valence-corrected chi connectivity index (χ4v) is 1.29. The first-order valence-electron chi connectivity index (χ1n) is 5.55. The Bertz CT molecular complexity index is 355. The first-order chi connectivity index (χ1) is 8.27. The van der Waals surface area contributed by atoms with Gasteiger partial charge in [-0.3, -0.25) is 0 Å². The zero-order valence-electron chi connectivity index (χ0n) is 10.2. The summed E-state index contributed by atoms with van der Waals surface area (Å²) >= 11 is 0. The van der Waals surface area contributed by atoms with Crippen molar-refractivity contribution in [2.24, 2.45) is 0 Å². The molecule has 0 aliphatic rings. The Morgan fingerprint density at radius 3 is 2.59 bits per heavy atom. The van der Waals surface area contributed by atoms with Crippen molar-refractivity contribution in [1.29, 1.82) is 0 Å². The minimum absolute atomic E-state index is 0.184. The van der Waals surface area contributed by atoms with Gasteiger partial charge in [0.1, 0.15) is 6.61 Å². The van der Waals surface area contributed by atoms with E-state index in [1.165, 1.54) is 0 Å². The van der Waals surface area contributed by atoms with E-state index in [0.717, 1.165) is 0 Å². The Kier molecular flexibility index (Phi) is 5.71. The van der Waals surface area contributed by atoms with E-state index in [0.29, 0.717) is 31.2 Å². The summed E-state index contributed by atoms with van der Waals surface area (Å²) in [5.74, 6) is 1.36. The Morgan fingerprint density at radius 2 is 1.94 bits per heavy atom. The summed E-state index contributed by atoms with van der Waals surface area (Å²) in [6, 6.07) is 7.21. The molecule has 1 rings (SSSR count). The number of urea groups is 1. The number of hydrogen-bond acceptors (Lipinski definition) is 3. The Morgan fingerprint density at radius 1 is 1.24 bits per heavy atom. The van der Waals surface area contributed by atoms with Crippen LogP contribution in [0, 0.1) is 0 Å². The molecule has 0 aliphatic carbocycles. The third-order valence-corrected chi connectivity index (χ3v) is 2.05. The molecule has 0 radical (unpaired) electrons. The number of carbonyl (C=O) groups excluding carboxylic acids is 1. The van der Waals surface area contributed by atoms with Crippen molar-refractivity contribution in [3.05, 3.63) is 24.3 Å². The molecule has 0 heterocycles. The second kappa shape index (κ2) is 7.38. The van der Waals surface area contributed by atoms with Crippen LogP contribution in [0.5, 0.6) is 11.5 Å². The Labute approximate surface area is 101 Å². The quantitative estimate of drug-likeness (QED) is 0.736. The highest BCUT2D eigenvalue weighted by Crippen LogP contribution is 2.25. The SMILES string of the molecule is CCNC(=O)NCCOc1ccccc1OC. The van der Waals surface area contributed by atoms with Crippen LogP contribution in [0.3, 0.4) is 0 Å². The molecule has 0 unspecified atom stereocenters. The van der Waals surface area contributed by atoms with E-state index in [9.17, 15) is 4.79 Å². The zero-order chi connectivity index (χ0) is 12.5. The van der Waals surface area contributed by atoms with Crippen LogP contribution >= 0.6 is 0 Å². The lowest BCUT2D eigenvalue weighted by Crippen LogP contribution is -2.37. The molecule has 17 heavy (non-hydrogen) atoms. The Hall–Kier alpha value is -1.91. The third-order valence-electron chi connectivity index (χ3n) is 2.05. The fourth-order valence-electron chi connectivity index (χ4n) is 1.29. The van der Waals surface area contributed by atoms with E-state index in [2.05, 4.69) is 10.6 Å². The van der Waals surface area contributed by atoms with E-state index in [1.54, 1.807) is 7.11 Å². The molecule has 1 aromatic rings. The fraction of sp³-hybridized carbons (Fsp3) is 0.417. The summed E-state index contributed by atoms with van der Waals surface area (Å²) in [5, 5.41) is 5.31. The lowest BCUT2D eigenvalue weighted by molar-refractivity contribution is 0.236. The minimum Gasteiger partial charge on any atom is -0.493 e. The molecule has 94 valence electrons. The molecule has 5 heteroatoms. The van der Waals surface area contributed by atoms with Gasteiger partial charge in [-0.2, -0.15) is 0 Å². The second-order valence-corrected chi connectivity index (χ2v) is 3.29. The average Bonchev–Trinajstić information content (AvgIpc) is 2.35. The molecule has 0 saturated heterocycles. The lowest BCUT2D eigenvalue weighted by Gasteiger charge is -2.10. The summed E-state index contributed by atoms with van der Waals surface area (Å²) in [6.45, 7) is 3.32. The molecule has 0 spiro atoms. The second-order valence-electron chi connectivity index (χ2n) is 3.29. The van der Waals surface area contributed by atoms with Gasteiger partial charge in [0.15, 0.2) is 11.5 Å². The normalized spacial score (nSPS) is 9.53. The largest absolute Gasteiger partial charge is 0.493 e.